The number of anilines is 2. The van der Waals surface area contributed by atoms with Gasteiger partial charge in [-0.15, -0.1) is 0 Å². The van der Waals surface area contributed by atoms with Crippen LogP contribution in [0.1, 0.15) is 23.6 Å². The second-order valence-electron chi connectivity index (χ2n) is 8.95. The van der Waals surface area contributed by atoms with E-state index in [4.69, 9.17) is 14.2 Å². The van der Waals surface area contributed by atoms with E-state index in [0.717, 1.165) is 11.1 Å². The fourth-order valence-electron chi connectivity index (χ4n) is 4.29. The van der Waals surface area contributed by atoms with Gasteiger partial charge in [0, 0.05) is 26.2 Å². The Morgan fingerprint density at radius 2 is 1.50 bits per heavy atom. The quantitative estimate of drug-likeness (QED) is 0.154. The van der Waals surface area contributed by atoms with Gasteiger partial charge in [0.1, 0.15) is 28.8 Å². The van der Waals surface area contributed by atoms with Gasteiger partial charge in [-0.25, -0.2) is 4.39 Å². The number of hydrogen-bond acceptors (Lipinski definition) is 8. The topological polar surface area (TPSA) is 99.0 Å². The Labute approximate surface area is 232 Å². The Balaban J connectivity index is 1.82. The van der Waals surface area contributed by atoms with Crippen LogP contribution in [0.25, 0.3) is 0 Å². The molecule has 0 amide bonds. The molecule has 10 heteroatoms. The Hall–Kier alpha value is -4.86. The zero-order valence-corrected chi connectivity index (χ0v) is 22.8. The standard InChI is InChI=1S/C30H31FN4O5/c1-5-22-16-23(31)10-15-27(22)40-28-17-26(32-2)29(35(36)37)30(33-28)34(18-20-6-11-24(38-3)12-7-20)19-21-8-13-25(39-4)14-9-21/h6-17H,5,18-19H2,1-4H3,(H,32,33). The minimum Gasteiger partial charge on any atom is -0.497 e. The molecule has 0 aliphatic carbocycles. The fourth-order valence-corrected chi connectivity index (χ4v) is 4.29. The van der Waals surface area contributed by atoms with E-state index < -0.39 is 4.92 Å². The van der Waals surface area contributed by atoms with Crippen molar-refractivity contribution in [2.24, 2.45) is 0 Å². The molecular formula is C30H31FN4O5. The average Bonchev–Trinajstić information content (AvgIpc) is 2.97. The van der Waals surface area contributed by atoms with E-state index >= 15 is 0 Å². The molecule has 0 bridgehead atoms. The monoisotopic (exact) mass is 546 g/mol. The molecule has 1 heterocycles. The largest absolute Gasteiger partial charge is 0.497 e. The van der Waals surface area contributed by atoms with Crippen LogP contribution in [0.3, 0.4) is 0 Å². The van der Waals surface area contributed by atoms with Crippen molar-refractivity contribution in [3.8, 4) is 23.1 Å². The Kier molecular flexibility index (Phi) is 9.00. The second-order valence-corrected chi connectivity index (χ2v) is 8.95. The van der Waals surface area contributed by atoms with E-state index in [1.54, 1.807) is 21.3 Å². The minimum absolute atomic E-state index is 0.124. The number of pyridine rings is 1. The highest BCUT2D eigenvalue weighted by molar-refractivity contribution is 5.75. The summed E-state index contributed by atoms with van der Waals surface area (Å²) in [5.41, 5.74) is 2.50. The van der Waals surface area contributed by atoms with E-state index in [9.17, 15) is 14.5 Å². The molecule has 208 valence electrons. The summed E-state index contributed by atoms with van der Waals surface area (Å²) in [4.78, 5) is 18.4. The molecule has 40 heavy (non-hydrogen) atoms. The first kappa shape index (κ1) is 28.2. The molecule has 0 atom stereocenters. The van der Waals surface area contributed by atoms with Gasteiger partial charge in [0.05, 0.1) is 19.1 Å². The van der Waals surface area contributed by atoms with Gasteiger partial charge in [-0.1, -0.05) is 31.2 Å². The summed E-state index contributed by atoms with van der Waals surface area (Å²) in [6.45, 7) is 2.52. The summed E-state index contributed by atoms with van der Waals surface area (Å²) in [6, 6.07) is 20.7. The van der Waals surface area contributed by atoms with Crippen molar-refractivity contribution in [2.75, 3.05) is 31.5 Å². The van der Waals surface area contributed by atoms with Gasteiger partial charge >= 0.3 is 5.69 Å². The predicted molar refractivity (Wildman–Crippen MR) is 152 cm³/mol. The lowest BCUT2D eigenvalue weighted by Crippen LogP contribution is -2.24. The zero-order valence-electron chi connectivity index (χ0n) is 22.8. The first-order valence-corrected chi connectivity index (χ1v) is 12.7. The highest BCUT2D eigenvalue weighted by atomic mass is 19.1. The third-order valence-electron chi connectivity index (χ3n) is 6.39. The van der Waals surface area contributed by atoms with E-state index in [1.807, 2.05) is 60.4 Å². The highest BCUT2D eigenvalue weighted by Gasteiger charge is 2.28. The van der Waals surface area contributed by atoms with Crippen LogP contribution >= 0.6 is 0 Å². The minimum atomic E-state index is -0.456. The maximum absolute atomic E-state index is 13.8. The van der Waals surface area contributed by atoms with E-state index in [0.29, 0.717) is 42.3 Å². The number of nitrogens with one attached hydrogen (secondary N) is 1. The SMILES string of the molecule is CCc1cc(F)ccc1Oc1cc(NC)c([N+](=O)[O-])c(N(Cc2ccc(OC)cc2)Cc2ccc(OC)cc2)n1. The molecule has 1 N–H and O–H groups in total. The van der Waals surface area contributed by atoms with Gasteiger partial charge in [-0.2, -0.15) is 4.98 Å². The van der Waals surface area contributed by atoms with Crippen LogP contribution in [0, 0.1) is 15.9 Å². The lowest BCUT2D eigenvalue weighted by atomic mass is 10.1. The molecule has 3 aromatic carbocycles. The van der Waals surface area contributed by atoms with E-state index in [1.165, 1.54) is 24.3 Å². The van der Waals surface area contributed by atoms with Crippen molar-refractivity contribution < 1.29 is 23.5 Å². The molecule has 0 radical (unpaired) electrons. The van der Waals surface area contributed by atoms with Gasteiger partial charge in [0.25, 0.3) is 0 Å². The third kappa shape index (κ3) is 6.58. The number of halogens is 1. The van der Waals surface area contributed by atoms with E-state index in [2.05, 4.69) is 10.3 Å². The molecule has 0 fully saturated rings. The van der Waals surface area contributed by atoms with Gasteiger partial charge in [0.15, 0.2) is 0 Å². The van der Waals surface area contributed by atoms with Gasteiger partial charge in [0.2, 0.25) is 11.7 Å². The molecule has 1 aromatic heterocycles. The highest BCUT2D eigenvalue weighted by Crippen LogP contribution is 2.39. The van der Waals surface area contributed by atoms with Gasteiger partial charge in [-0.3, -0.25) is 10.1 Å². The van der Waals surface area contributed by atoms with Gasteiger partial charge < -0.3 is 24.4 Å². The van der Waals surface area contributed by atoms with Crippen LogP contribution in [-0.4, -0.2) is 31.2 Å². The molecule has 0 aliphatic rings. The number of rotatable bonds is 12. The third-order valence-corrected chi connectivity index (χ3v) is 6.39. The summed E-state index contributed by atoms with van der Waals surface area (Å²) < 4.78 is 30.5. The lowest BCUT2D eigenvalue weighted by molar-refractivity contribution is -0.383. The number of aromatic nitrogens is 1. The van der Waals surface area contributed by atoms with Crippen molar-refractivity contribution >= 4 is 17.2 Å². The van der Waals surface area contributed by atoms with Crippen molar-refractivity contribution in [1.29, 1.82) is 0 Å². The molecule has 4 aromatic rings. The number of hydrogen-bond donors (Lipinski definition) is 1. The number of nitrogens with zero attached hydrogens (tertiary/aromatic N) is 3. The molecule has 0 spiro atoms. The smallest absolute Gasteiger partial charge is 0.334 e. The van der Waals surface area contributed by atoms with Crippen molar-refractivity contribution in [3.05, 3.63) is 105 Å². The fraction of sp³-hybridized carbons (Fsp3) is 0.233. The number of aryl methyl sites for hydroxylation is 1. The van der Waals surface area contributed by atoms with Crippen molar-refractivity contribution in [1.82, 2.24) is 4.98 Å². The number of ether oxygens (including phenoxy) is 3. The maximum atomic E-state index is 13.8. The molecule has 9 nitrogen and oxygen atoms in total. The first-order chi connectivity index (χ1) is 19.3. The van der Waals surface area contributed by atoms with Crippen LogP contribution in [0.5, 0.6) is 23.1 Å². The maximum Gasteiger partial charge on any atom is 0.334 e. The van der Waals surface area contributed by atoms with Crippen LogP contribution in [-0.2, 0) is 19.5 Å². The lowest BCUT2D eigenvalue weighted by Gasteiger charge is -2.25. The zero-order chi connectivity index (χ0) is 28.6. The molecule has 0 saturated carbocycles. The van der Waals surface area contributed by atoms with E-state index in [-0.39, 0.29) is 28.9 Å². The summed E-state index contributed by atoms with van der Waals surface area (Å²) in [5.74, 6) is 1.72. The molecule has 0 unspecified atom stereocenters. The van der Waals surface area contributed by atoms with Crippen LogP contribution in [0.15, 0.2) is 72.8 Å². The Morgan fingerprint density at radius 1 is 0.925 bits per heavy atom. The van der Waals surface area contributed by atoms with Crippen LogP contribution in [0.2, 0.25) is 0 Å². The predicted octanol–water partition coefficient (Wildman–Crippen LogP) is 6.75. The Bertz CT molecular complexity index is 1410. The molecule has 0 aliphatic heterocycles. The van der Waals surface area contributed by atoms with Gasteiger partial charge in [-0.05, 0) is 65.6 Å². The average molecular weight is 547 g/mol. The van der Waals surface area contributed by atoms with Crippen LogP contribution in [0.4, 0.5) is 21.6 Å². The second kappa shape index (κ2) is 12.8. The summed E-state index contributed by atoms with van der Waals surface area (Å²) in [5, 5.41) is 15.3. The van der Waals surface area contributed by atoms with Crippen molar-refractivity contribution in [2.45, 2.75) is 26.4 Å². The first-order valence-electron chi connectivity index (χ1n) is 12.7. The molecule has 0 saturated heterocycles. The Morgan fingerprint density at radius 3 is 1.98 bits per heavy atom. The van der Waals surface area contributed by atoms with Crippen molar-refractivity contribution in [3.63, 3.8) is 0 Å². The van der Waals surface area contributed by atoms with Crippen LogP contribution < -0.4 is 24.4 Å². The molecular weight excluding hydrogens is 515 g/mol. The normalized spacial score (nSPS) is 10.6. The summed E-state index contributed by atoms with van der Waals surface area (Å²) >= 11 is 0. The number of benzene rings is 3. The summed E-state index contributed by atoms with van der Waals surface area (Å²) in [6.07, 6.45) is 0.535. The summed E-state index contributed by atoms with van der Waals surface area (Å²) in [7, 11) is 4.78. The number of methoxy groups -OCH3 is 2. The molecule has 4 rings (SSSR count). The number of nitro groups is 1.